The maximum Gasteiger partial charge on any atom is 0.409 e. The molecule has 3 amide bonds. The Morgan fingerprint density at radius 2 is 1.69 bits per heavy atom. The SMILES string of the molecule is CCOC(=O)N1CCN(C(=O)C2(C(=O)Nc3ccccc3C)CC2)CC1. The summed E-state index contributed by atoms with van der Waals surface area (Å²) in [5, 5.41) is 2.91. The minimum Gasteiger partial charge on any atom is -0.450 e. The molecule has 7 nitrogen and oxygen atoms in total. The van der Waals surface area contributed by atoms with Gasteiger partial charge in [-0.3, -0.25) is 9.59 Å². The van der Waals surface area contributed by atoms with Crippen LogP contribution in [0.3, 0.4) is 0 Å². The van der Waals surface area contributed by atoms with Crippen LogP contribution in [0, 0.1) is 12.3 Å². The molecule has 0 radical (unpaired) electrons. The Hall–Kier alpha value is -2.57. The first-order chi connectivity index (χ1) is 12.5. The van der Waals surface area contributed by atoms with Crippen LogP contribution in [0.15, 0.2) is 24.3 Å². The van der Waals surface area contributed by atoms with Crippen molar-refractivity contribution in [3.05, 3.63) is 29.8 Å². The van der Waals surface area contributed by atoms with Gasteiger partial charge in [0.1, 0.15) is 5.41 Å². The minimum absolute atomic E-state index is 0.132. The Bertz CT molecular complexity index is 706. The number of benzene rings is 1. The lowest BCUT2D eigenvalue weighted by Gasteiger charge is -2.35. The van der Waals surface area contributed by atoms with Gasteiger partial charge in [0.05, 0.1) is 6.61 Å². The van der Waals surface area contributed by atoms with Crippen LogP contribution in [-0.4, -0.2) is 60.5 Å². The summed E-state index contributed by atoms with van der Waals surface area (Å²) in [5.74, 6) is -0.364. The average Bonchev–Trinajstić information content (AvgIpc) is 3.45. The van der Waals surface area contributed by atoms with E-state index in [2.05, 4.69) is 5.32 Å². The fourth-order valence-corrected chi connectivity index (χ4v) is 3.23. The number of hydrogen-bond acceptors (Lipinski definition) is 4. The van der Waals surface area contributed by atoms with Gasteiger partial charge in [0, 0.05) is 31.9 Å². The Balaban J connectivity index is 1.60. The van der Waals surface area contributed by atoms with E-state index in [9.17, 15) is 14.4 Å². The largest absolute Gasteiger partial charge is 0.450 e. The molecule has 1 aliphatic carbocycles. The van der Waals surface area contributed by atoms with Gasteiger partial charge in [-0.1, -0.05) is 18.2 Å². The number of aryl methyl sites for hydroxylation is 1. The van der Waals surface area contributed by atoms with Crippen molar-refractivity contribution < 1.29 is 19.1 Å². The number of piperazine rings is 1. The monoisotopic (exact) mass is 359 g/mol. The Morgan fingerprint density at radius 3 is 2.27 bits per heavy atom. The fraction of sp³-hybridized carbons (Fsp3) is 0.526. The van der Waals surface area contributed by atoms with Gasteiger partial charge >= 0.3 is 6.09 Å². The topological polar surface area (TPSA) is 79.0 Å². The molecule has 1 saturated carbocycles. The molecule has 7 heteroatoms. The van der Waals surface area contributed by atoms with Gasteiger partial charge < -0.3 is 19.9 Å². The van der Waals surface area contributed by atoms with Crippen molar-refractivity contribution in [2.45, 2.75) is 26.7 Å². The second-order valence-corrected chi connectivity index (χ2v) is 6.83. The number of anilines is 1. The molecule has 0 atom stereocenters. The summed E-state index contributed by atoms with van der Waals surface area (Å²) in [4.78, 5) is 40.7. The third kappa shape index (κ3) is 3.52. The zero-order valence-electron chi connectivity index (χ0n) is 15.3. The first kappa shape index (κ1) is 18.2. The van der Waals surface area contributed by atoms with Crippen LogP contribution in [0.2, 0.25) is 0 Å². The number of nitrogens with one attached hydrogen (secondary N) is 1. The summed E-state index contributed by atoms with van der Waals surface area (Å²) in [5.41, 5.74) is 0.754. The van der Waals surface area contributed by atoms with E-state index in [0.29, 0.717) is 45.6 Å². The molecule has 1 heterocycles. The van der Waals surface area contributed by atoms with E-state index >= 15 is 0 Å². The molecule has 140 valence electrons. The number of carbonyl (C=O) groups excluding carboxylic acids is 3. The molecule has 1 aliphatic heterocycles. The minimum atomic E-state index is -0.950. The molecule has 3 rings (SSSR count). The number of hydrogen-bond donors (Lipinski definition) is 1. The maximum absolute atomic E-state index is 12.9. The van der Waals surface area contributed by atoms with Crippen LogP contribution in [0.5, 0.6) is 0 Å². The Kier molecular flexibility index (Phi) is 5.15. The first-order valence-electron chi connectivity index (χ1n) is 9.06. The quantitative estimate of drug-likeness (QED) is 0.834. The van der Waals surface area contributed by atoms with E-state index in [1.807, 2.05) is 31.2 Å². The van der Waals surface area contributed by atoms with Gasteiger partial charge in [0.25, 0.3) is 0 Å². The van der Waals surface area contributed by atoms with Crippen LogP contribution in [0.1, 0.15) is 25.3 Å². The van der Waals surface area contributed by atoms with Crippen molar-refractivity contribution in [3.8, 4) is 0 Å². The van der Waals surface area contributed by atoms with Crippen molar-refractivity contribution in [2.75, 3.05) is 38.1 Å². The van der Waals surface area contributed by atoms with E-state index in [1.165, 1.54) is 0 Å². The first-order valence-corrected chi connectivity index (χ1v) is 9.06. The lowest BCUT2D eigenvalue weighted by Crippen LogP contribution is -2.53. The number of carbonyl (C=O) groups is 3. The molecule has 0 spiro atoms. The average molecular weight is 359 g/mol. The van der Waals surface area contributed by atoms with Gasteiger partial charge in [-0.15, -0.1) is 0 Å². The predicted octanol–water partition coefficient (Wildman–Crippen LogP) is 2.01. The van der Waals surface area contributed by atoms with Crippen LogP contribution in [0.4, 0.5) is 10.5 Å². The Morgan fingerprint density at radius 1 is 1.08 bits per heavy atom. The third-order valence-corrected chi connectivity index (χ3v) is 5.08. The molecule has 0 bridgehead atoms. The second kappa shape index (κ2) is 7.35. The second-order valence-electron chi connectivity index (χ2n) is 6.83. The number of nitrogens with zero attached hydrogens (tertiary/aromatic N) is 2. The van der Waals surface area contributed by atoms with Gasteiger partial charge in [-0.2, -0.15) is 0 Å². The summed E-state index contributed by atoms with van der Waals surface area (Å²) in [6.07, 6.45) is 0.793. The van der Waals surface area contributed by atoms with Crippen LogP contribution in [-0.2, 0) is 14.3 Å². The molecule has 26 heavy (non-hydrogen) atoms. The third-order valence-electron chi connectivity index (χ3n) is 5.08. The lowest BCUT2D eigenvalue weighted by atomic mass is 10.0. The molecule has 0 aromatic heterocycles. The summed E-state index contributed by atoms with van der Waals surface area (Å²) in [6, 6.07) is 7.53. The van der Waals surface area contributed by atoms with Gasteiger partial charge in [-0.05, 0) is 38.3 Å². The summed E-state index contributed by atoms with van der Waals surface area (Å²) < 4.78 is 4.99. The molecule has 1 N–H and O–H groups in total. The van der Waals surface area contributed by atoms with Crippen LogP contribution >= 0.6 is 0 Å². The molecular formula is C19H25N3O4. The van der Waals surface area contributed by atoms with E-state index in [1.54, 1.807) is 16.7 Å². The molecule has 1 aromatic carbocycles. The molecule has 2 fully saturated rings. The molecule has 1 aromatic rings. The lowest BCUT2D eigenvalue weighted by molar-refractivity contribution is -0.143. The highest BCUT2D eigenvalue weighted by molar-refractivity contribution is 6.13. The van der Waals surface area contributed by atoms with Gasteiger partial charge in [0.15, 0.2) is 0 Å². The van der Waals surface area contributed by atoms with E-state index in [-0.39, 0.29) is 17.9 Å². The van der Waals surface area contributed by atoms with Crippen molar-refractivity contribution in [1.29, 1.82) is 0 Å². The smallest absolute Gasteiger partial charge is 0.409 e. The number of amides is 3. The summed E-state index contributed by atoms with van der Waals surface area (Å²) >= 11 is 0. The van der Waals surface area contributed by atoms with Crippen molar-refractivity contribution >= 4 is 23.6 Å². The zero-order valence-corrected chi connectivity index (χ0v) is 15.3. The standard InChI is InChI=1S/C19H25N3O4/c1-3-26-18(25)22-12-10-21(11-13-22)17(24)19(8-9-19)16(23)20-15-7-5-4-6-14(15)2/h4-7H,3,8-13H2,1-2H3,(H,20,23). The van der Waals surface area contributed by atoms with E-state index < -0.39 is 5.41 Å². The highest BCUT2D eigenvalue weighted by atomic mass is 16.6. The van der Waals surface area contributed by atoms with Crippen molar-refractivity contribution in [3.63, 3.8) is 0 Å². The normalized spacial score (nSPS) is 18.2. The maximum atomic E-state index is 12.9. The number of rotatable bonds is 4. The highest BCUT2D eigenvalue weighted by Crippen LogP contribution is 2.48. The molecular weight excluding hydrogens is 334 g/mol. The fourth-order valence-electron chi connectivity index (χ4n) is 3.23. The number of ether oxygens (including phenoxy) is 1. The Labute approximate surface area is 153 Å². The summed E-state index contributed by atoms with van der Waals surface area (Å²) in [7, 11) is 0. The van der Waals surface area contributed by atoms with Crippen molar-refractivity contribution in [2.24, 2.45) is 5.41 Å². The molecule has 1 saturated heterocycles. The molecule has 2 aliphatic rings. The van der Waals surface area contributed by atoms with Crippen LogP contribution < -0.4 is 5.32 Å². The number of para-hydroxylation sites is 1. The molecule has 0 unspecified atom stereocenters. The van der Waals surface area contributed by atoms with E-state index in [0.717, 1.165) is 11.3 Å². The van der Waals surface area contributed by atoms with Gasteiger partial charge in [-0.25, -0.2) is 4.79 Å². The summed E-state index contributed by atoms with van der Waals surface area (Å²) in [6.45, 7) is 5.74. The van der Waals surface area contributed by atoms with Crippen LogP contribution in [0.25, 0.3) is 0 Å². The highest BCUT2D eigenvalue weighted by Gasteiger charge is 2.58. The van der Waals surface area contributed by atoms with Gasteiger partial charge in [0.2, 0.25) is 11.8 Å². The van der Waals surface area contributed by atoms with Crippen molar-refractivity contribution in [1.82, 2.24) is 9.80 Å². The zero-order chi connectivity index (χ0) is 18.7. The van der Waals surface area contributed by atoms with E-state index in [4.69, 9.17) is 4.74 Å². The predicted molar refractivity (Wildman–Crippen MR) is 96.7 cm³/mol.